The molecule has 2 N–H and O–H groups in total. The third kappa shape index (κ3) is 3.68. The van der Waals surface area contributed by atoms with E-state index in [1.165, 1.54) is 0 Å². The van der Waals surface area contributed by atoms with Gasteiger partial charge in [0.2, 0.25) is 0 Å². The molecule has 1 aliphatic rings. The summed E-state index contributed by atoms with van der Waals surface area (Å²) in [6.07, 6.45) is 3.41. The summed E-state index contributed by atoms with van der Waals surface area (Å²) in [7, 11) is 0. The predicted molar refractivity (Wildman–Crippen MR) is 66.9 cm³/mol. The second kappa shape index (κ2) is 6.36. The van der Waals surface area contributed by atoms with Crippen molar-refractivity contribution in [2.75, 3.05) is 26.2 Å². The van der Waals surface area contributed by atoms with Crippen molar-refractivity contribution >= 4 is 5.97 Å². The molecular weight excluding hydrogens is 218 g/mol. The highest BCUT2D eigenvalue weighted by Gasteiger charge is 2.41. The van der Waals surface area contributed by atoms with Crippen molar-refractivity contribution in [3.8, 4) is 0 Å². The van der Waals surface area contributed by atoms with Gasteiger partial charge in [-0.05, 0) is 31.7 Å². The van der Waals surface area contributed by atoms with Crippen LogP contribution in [0.3, 0.4) is 0 Å². The molecule has 0 amide bonds. The van der Waals surface area contributed by atoms with E-state index in [4.69, 9.17) is 5.11 Å². The van der Waals surface area contributed by atoms with E-state index < -0.39 is 11.4 Å². The van der Waals surface area contributed by atoms with E-state index >= 15 is 0 Å². The van der Waals surface area contributed by atoms with Crippen LogP contribution in [0.15, 0.2) is 0 Å². The second-order valence-electron chi connectivity index (χ2n) is 5.46. The van der Waals surface area contributed by atoms with Crippen LogP contribution in [0, 0.1) is 11.3 Å². The quantitative estimate of drug-likeness (QED) is 0.743. The Labute approximate surface area is 104 Å². The van der Waals surface area contributed by atoms with Crippen LogP contribution < -0.4 is 0 Å². The van der Waals surface area contributed by atoms with Crippen LogP contribution in [0.2, 0.25) is 0 Å². The summed E-state index contributed by atoms with van der Waals surface area (Å²) in [4.78, 5) is 13.7. The number of hydrogen-bond acceptors (Lipinski definition) is 3. The molecule has 0 aromatic heterocycles. The van der Waals surface area contributed by atoms with Crippen molar-refractivity contribution in [2.24, 2.45) is 11.3 Å². The molecule has 4 heteroatoms. The summed E-state index contributed by atoms with van der Waals surface area (Å²) in [6.45, 7) is 6.61. The van der Waals surface area contributed by atoms with Crippen molar-refractivity contribution in [1.29, 1.82) is 0 Å². The zero-order valence-electron chi connectivity index (χ0n) is 11.0. The smallest absolute Gasteiger partial charge is 0.310 e. The fourth-order valence-corrected chi connectivity index (χ4v) is 2.85. The Morgan fingerprint density at radius 1 is 1.53 bits per heavy atom. The van der Waals surface area contributed by atoms with E-state index in [9.17, 15) is 9.90 Å². The van der Waals surface area contributed by atoms with E-state index in [0.29, 0.717) is 6.54 Å². The molecule has 4 nitrogen and oxygen atoms in total. The minimum atomic E-state index is -0.652. The molecule has 100 valence electrons. The van der Waals surface area contributed by atoms with Crippen LogP contribution >= 0.6 is 0 Å². The number of rotatable bonds is 6. The number of likely N-dealkylation sites (tertiary alicyclic amines) is 1. The van der Waals surface area contributed by atoms with Gasteiger partial charge in [-0.25, -0.2) is 0 Å². The Morgan fingerprint density at radius 3 is 2.76 bits per heavy atom. The van der Waals surface area contributed by atoms with Gasteiger partial charge in [-0.2, -0.15) is 0 Å². The number of carboxylic acid groups (broad SMARTS) is 1. The molecule has 0 aliphatic carbocycles. The third-order valence-corrected chi connectivity index (χ3v) is 3.72. The van der Waals surface area contributed by atoms with E-state index in [0.717, 1.165) is 38.8 Å². The van der Waals surface area contributed by atoms with E-state index in [-0.39, 0.29) is 12.5 Å². The topological polar surface area (TPSA) is 60.8 Å². The number of carboxylic acids is 1. The molecule has 1 rings (SSSR count). The molecule has 17 heavy (non-hydrogen) atoms. The monoisotopic (exact) mass is 243 g/mol. The minimum absolute atomic E-state index is 0.171. The molecule has 0 aromatic carbocycles. The van der Waals surface area contributed by atoms with Gasteiger partial charge >= 0.3 is 5.97 Å². The maximum atomic E-state index is 11.5. The maximum absolute atomic E-state index is 11.5. The van der Waals surface area contributed by atoms with Gasteiger partial charge in [-0.1, -0.05) is 20.3 Å². The fraction of sp³-hybridized carbons (Fsp3) is 0.923. The van der Waals surface area contributed by atoms with Crippen molar-refractivity contribution in [3.05, 3.63) is 0 Å². The highest BCUT2D eigenvalue weighted by atomic mass is 16.4. The average Bonchev–Trinajstić information content (AvgIpc) is 2.29. The Bertz CT molecular complexity index is 253. The highest BCUT2D eigenvalue weighted by molar-refractivity contribution is 5.75. The zero-order chi connectivity index (χ0) is 12.9. The summed E-state index contributed by atoms with van der Waals surface area (Å²) in [5.41, 5.74) is -0.553. The van der Waals surface area contributed by atoms with Crippen LogP contribution in [-0.4, -0.2) is 47.3 Å². The number of aliphatic hydroxyl groups is 1. The molecule has 0 spiro atoms. The summed E-state index contributed by atoms with van der Waals surface area (Å²) in [5, 5.41) is 18.5. The van der Waals surface area contributed by atoms with Gasteiger partial charge in [0.25, 0.3) is 0 Å². The lowest BCUT2D eigenvalue weighted by atomic mass is 9.76. The SMILES string of the molecule is CCCC1(C(=O)O)CCCN(CC(C)CO)C1. The molecular formula is C13H25NO3. The summed E-state index contributed by atoms with van der Waals surface area (Å²) in [5.74, 6) is -0.429. The number of aliphatic carboxylic acids is 1. The number of piperidine rings is 1. The molecule has 1 saturated heterocycles. The first-order chi connectivity index (χ1) is 8.04. The van der Waals surface area contributed by atoms with E-state index in [1.807, 2.05) is 13.8 Å². The molecule has 0 aromatic rings. The molecule has 0 saturated carbocycles. The van der Waals surface area contributed by atoms with Crippen molar-refractivity contribution < 1.29 is 15.0 Å². The summed E-state index contributed by atoms with van der Waals surface area (Å²) < 4.78 is 0. The van der Waals surface area contributed by atoms with Gasteiger partial charge < -0.3 is 15.1 Å². The molecule has 2 atom stereocenters. The lowest BCUT2D eigenvalue weighted by Gasteiger charge is -2.40. The van der Waals surface area contributed by atoms with Gasteiger partial charge in [0.05, 0.1) is 5.41 Å². The van der Waals surface area contributed by atoms with Crippen LogP contribution in [0.4, 0.5) is 0 Å². The minimum Gasteiger partial charge on any atom is -0.481 e. The molecule has 1 fully saturated rings. The third-order valence-electron chi connectivity index (χ3n) is 3.72. The Balaban J connectivity index is 2.64. The van der Waals surface area contributed by atoms with Crippen molar-refractivity contribution in [2.45, 2.75) is 39.5 Å². The molecule has 1 aliphatic heterocycles. The summed E-state index contributed by atoms with van der Waals surface area (Å²) >= 11 is 0. The number of aliphatic hydroxyl groups excluding tert-OH is 1. The first kappa shape index (κ1) is 14.5. The molecule has 0 radical (unpaired) electrons. The Kier molecular flexibility index (Phi) is 5.40. The van der Waals surface area contributed by atoms with Gasteiger partial charge in [0.1, 0.15) is 0 Å². The van der Waals surface area contributed by atoms with Crippen LogP contribution in [-0.2, 0) is 4.79 Å². The van der Waals surface area contributed by atoms with Crippen molar-refractivity contribution in [1.82, 2.24) is 4.90 Å². The van der Waals surface area contributed by atoms with Gasteiger partial charge in [-0.15, -0.1) is 0 Å². The maximum Gasteiger partial charge on any atom is 0.310 e. The predicted octanol–water partition coefficient (Wildman–Crippen LogP) is 1.58. The lowest BCUT2D eigenvalue weighted by Crippen LogP contribution is -2.49. The highest BCUT2D eigenvalue weighted by Crippen LogP contribution is 2.35. The standard InChI is InChI=1S/C13H25NO3/c1-3-5-13(12(16)17)6-4-7-14(10-13)8-11(2)9-15/h11,15H,3-10H2,1-2H3,(H,16,17). The number of nitrogens with zero attached hydrogens (tertiary/aromatic N) is 1. The normalized spacial score (nSPS) is 27.9. The number of carbonyl (C=O) groups is 1. The van der Waals surface area contributed by atoms with Crippen molar-refractivity contribution in [3.63, 3.8) is 0 Å². The van der Waals surface area contributed by atoms with Crippen LogP contribution in [0.1, 0.15) is 39.5 Å². The summed E-state index contributed by atoms with van der Waals surface area (Å²) in [6, 6.07) is 0. The Hall–Kier alpha value is -0.610. The first-order valence-electron chi connectivity index (χ1n) is 6.60. The largest absolute Gasteiger partial charge is 0.481 e. The van der Waals surface area contributed by atoms with Crippen LogP contribution in [0.25, 0.3) is 0 Å². The molecule has 2 unspecified atom stereocenters. The molecule has 0 bridgehead atoms. The number of hydrogen-bond donors (Lipinski definition) is 2. The lowest BCUT2D eigenvalue weighted by molar-refractivity contribution is -0.153. The molecule has 1 heterocycles. The second-order valence-corrected chi connectivity index (χ2v) is 5.46. The average molecular weight is 243 g/mol. The van der Waals surface area contributed by atoms with Gasteiger partial charge in [-0.3, -0.25) is 4.79 Å². The Morgan fingerprint density at radius 2 is 2.24 bits per heavy atom. The van der Waals surface area contributed by atoms with Crippen LogP contribution in [0.5, 0.6) is 0 Å². The van der Waals surface area contributed by atoms with E-state index in [1.54, 1.807) is 0 Å². The zero-order valence-corrected chi connectivity index (χ0v) is 11.0. The van der Waals surface area contributed by atoms with Gasteiger partial charge in [0, 0.05) is 19.7 Å². The fourth-order valence-electron chi connectivity index (χ4n) is 2.85. The van der Waals surface area contributed by atoms with E-state index in [2.05, 4.69) is 4.90 Å². The first-order valence-corrected chi connectivity index (χ1v) is 6.60. The van der Waals surface area contributed by atoms with Gasteiger partial charge in [0.15, 0.2) is 0 Å².